The fraction of sp³-hybridized carbons (Fsp3) is 0.182. The number of aromatic nitrogens is 3. The van der Waals surface area contributed by atoms with Crippen molar-refractivity contribution in [1.82, 2.24) is 19.7 Å². The molecule has 2 amide bonds. The molecule has 0 unspecified atom stereocenters. The second kappa shape index (κ2) is 8.20. The molecule has 152 valence electrons. The van der Waals surface area contributed by atoms with E-state index < -0.39 is 6.09 Å². The fourth-order valence-corrected chi connectivity index (χ4v) is 3.51. The summed E-state index contributed by atoms with van der Waals surface area (Å²) in [5.41, 5.74) is 5.34. The molecule has 8 nitrogen and oxygen atoms in total. The normalized spacial score (nSPS) is 13.3. The van der Waals surface area contributed by atoms with Crippen molar-refractivity contribution in [3.05, 3.63) is 71.8 Å². The molecule has 2 aromatic heterocycles. The second-order valence-corrected chi connectivity index (χ2v) is 7.13. The minimum atomic E-state index is -0.932. The molecule has 1 aliphatic rings. The molecule has 1 aromatic carbocycles. The molecule has 0 atom stereocenters. The number of carbonyl (C=O) groups is 2. The third-order valence-corrected chi connectivity index (χ3v) is 5.04. The molecular weight excluding hydrogens is 382 g/mol. The highest BCUT2D eigenvalue weighted by Crippen LogP contribution is 2.24. The van der Waals surface area contributed by atoms with Crippen LogP contribution in [0, 0.1) is 0 Å². The van der Waals surface area contributed by atoms with E-state index >= 15 is 0 Å². The summed E-state index contributed by atoms with van der Waals surface area (Å²) in [6.07, 6.45) is 9.99. The van der Waals surface area contributed by atoms with Gasteiger partial charge in [0.25, 0.3) is 0 Å². The van der Waals surface area contributed by atoms with Gasteiger partial charge in [-0.05, 0) is 47.4 Å². The van der Waals surface area contributed by atoms with Crippen molar-refractivity contribution in [2.24, 2.45) is 7.05 Å². The van der Waals surface area contributed by atoms with E-state index in [9.17, 15) is 14.7 Å². The van der Waals surface area contributed by atoms with Crippen molar-refractivity contribution in [2.75, 3.05) is 11.9 Å². The summed E-state index contributed by atoms with van der Waals surface area (Å²) in [6, 6.07) is 7.50. The molecule has 0 saturated heterocycles. The Balaban J connectivity index is 1.48. The Hall–Kier alpha value is -3.94. The van der Waals surface area contributed by atoms with Crippen molar-refractivity contribution in [2.45, 2.75) is 13.0 Å². The van der Waals surface area contributed by atoms with Crippen LogP contribution in [-0.2, 0) is 24.8 Å². The summed E-state index contributed by atoms with van der Waals surface area (Å²) in [5.74, 6) is -0.276. The standard InChI is InChI=1S/C22H21N5O3/c1-26-13-18(12-24-26)20-6-8-23-11-16(20)3-5-21(28)25-19-4-2-15-7-9-27(22(29)30)14-17(15)10-19/h2-6,8,10-13H,7,9,14H2,1H3,(H,25,28)(H,29,30). The first kappa shape index (κ1) is 19.4. The Morgan fingerprint density at radius 2 is 2.07 bits per heavy atom. The van der Waals surface area contributed by atoms with Gasteiger partial charge >= 0.3 is 6.09 Å². The molecule has 3 aromatic rings. The van der Waals surface area contributed by atoms with E-state index in [-0.39, 0.29) is 5.91 Å². The number of benzene rings is 1. The first-order chi connectivity index (χ1) is 14.5. The van der Waals surface area contributed by atoms with Gasteiger partial charge in [-0.25, -0.2) is 4.79 Å². The summed E-state index contributed by atoms with van der Waals surface area (Å²) in [5, 5.41) is 16.2. The Morgan fingerprint density at radius 1 is 1.20 bits per heavy atom. The number of aryl methyl sites for hydroxylation is 1. The van der Waals surface area contributed by atoms with Crippen molar-refractivity contribution in [3.8, 4) is 11.1 Å². The Labute approximate surface area is 173 Å². The number of hydrogen-bond donors (Lipinski definition) is 2. The predicted molar refractivity (Wildman–Crippen MR) is 113 cm³/mol. The first-order valence-corrected chi connectivity index (χ1v) is 9.51. The van der Waals surface area contributed by atoms with Crippen LogP contribution in [0.5, 0.6) is 0 Å². The number of carbonyl (C=O) groups excluding carboxylic acids is 1. The number of carboxylic acid groups (broad SMARTS) is 1. The zero-order chi connectivity index (χ0) is 21.1. The topological polar surface area (TPSA) is 100 Å². The van der Waals surface area contributed by atoms with E-state index in [1.165, 1.54) is 11.0 Å². The second-order valence-electron chi connectivity index (χ2n) is 7.13. The van der Waals surface area contributed by atoms with Crippen LogP contribution in [0.1, 0.15) is 16.7 Å². The average molecular weight is 403 g/mol. The lowest BCUT2D eigenvalue weighted by atomic mass is 9.99. The molecule has 2 N–H and O–H groups in total. The van der Waals surface area contributed by atoms with Crippen molar-refractivity contribution in [1.29, 1.82) is 0 Å². The third kappa shape index (κ3) is 4.22. The molecule has 30 heavy (non-hydrogen) atoms. The number of fused-ring (bicyclic) bond motifs is 1. The molecule has 1 aliphatic heterocycles. The van der Waals surface area contributed by atoms with Gasteiger partial charge in [0.15, 0.2) is 0 Å². The molecule has 3 heterocycles. The predicted octanol–water partition coefficient (Wildman–Crippen LogP) is 3.17. The first-order valence-electron chi connectivity index (χ1n) is 9.51. The minimum Gasteiger partial charge on any atom is -0.465 e. The zero-order valence-corrected chi connectivity index (χ0v) is 16.4. The van der Waals surface area contributed by atoms with E-state index in [0.717, 1.165) is 27.8 Å². The maximum Gasteiger partial charge on any atom is 0.407 e. The van der Waals surface area contributed by atoms with Crippen molar-refractivity contribution in [3.63, 3.8) is 0 Å². The van der Waals surface area contributed by atoms with Gasteiger partial charge in [0, 0.05) is 61.6 Å². The summed E-state index contributed by atoms with van der Waals surface area (Å²) in [4.78, 5) is 29.2. The molecule has 0 bridgehead atoms. The van der Waals surface area contributed by atoms with E-state index in [4.69, 9.17) is 0 Å². The molecule has 8 heteroatoms. The molecule has 4 rings (SSSR count). The van der Waals surface area contributed by atoms with Crippen LogP contribution >= 0.6 is 0 Å². The fourth-order valence-electron chi connectivity index (χ4n) is 3.51. The number of rotatable bonds is 4. The molecular formula is C22H21N5O3. The van der Waals surface area contributed by atoms with Gasteiger partial charge in [-0.2, -0.15) is 5.10 Å². The highest BCUT2D eigenvalue weighted by Gasteiger charge is 2.20. The highest BCUT2D eigenvalue weighted by atomic mass is 16.4. The van der Waals surface area contributed by atoms with Crippen LogP contribution < -0.4 is 5.32 Å². The zero-order valence-electron chi connectivity index (χ0n) is 16.4. The van der Waals surface area contributed by atoms with Crippen LogP contribution in [0.15, 0.2) is 55.1 Å². The third-order valence-electron chi connectivity index (χ3n) is 5.04. The van der Waals surface area contributed by atoms with Gasteiger partial charge in [0.1, 0.15) is 0 Å². The highest BCUT2D eigenvalue weighted by molar-refractivity contribution is 6.02. The van der Waals surface area contributed by atoms with Crippen molar-refractivity contribution >= 4 is 23.8 Å². The largest absolute Gasteiger partial charge is 0.465 e. The molecule has 0 fully saturated rings. The SMILES string of the molecule is Cn1cc(-c2ccncc2C=CC(=O)Nc2ccc3c(c2)CN(C(=O)O)CC3)cn1. The summed E-state index contributed by atoms with van der Waals surface area (Å²) >= 11 is 0. The number of amides is 2. The van der Waals surface area contributed by atoms with Crippen LogP contribution in [0.25, 0.3) is 17.2 Å². The van der Waals surface area contributed by atoms with Gasteiger partial charge < -0.3 is 15.3 Å². The lowest BCUT2D eigenvalue weighted by Crippen LogP contribution is -2.34. The van der Waals surface area contributed by atoms with Crippen LogP contribution in [-0.4, -0.2) is 43.3 Å². The van der Waals surface area contributed by atoms with Gasteiger partial charge in [-0.1, -0.05) is 6.07 Å². The van der Waals surface area contributed by atoms with Crippen LogP contribution in [0.2, 0.25) is 0 Å². The molecule has 0 aliphatic carbocycles. The number of anilines is 1. The van der Waals surface area contributed by atoms with E-state index in [0.29, 0.717) is 25.2 Å². The number of pyridine rings is 1. The van der Waals surface area contributed by atoms with Gasteiger partial charge in [-0.15, -0.1) is 0 Å². The smallest absolute Gasteiger partial charge is 0.407 e. The van der Waals surface area contributed by atoms with Gasteiger partial charge in [0.05, 0.1) is 6.20 Å². The monoisotopic (exact) mass is 403 g/mol. The molecule has 0 spiro atoms. The van der Waals surface area contributed by atoms with Crippen LogP contribution in [0.3, 0.4) is 0 Å². The molecule has 0 saturated carbocycles. The lowest BCUT2D eigenvalue weighted by Gasteiger charge is -2.26. The summed E-state index contributed by atoms with van der Waals surface area (Å²) in [6.45, 7) is 0.815. The quantitative estimate of drug-likeness (QED) is 0.652. The van der Waals surface area contributed by atoms with E-state index in [2.05, 4.69) is 15.4 Å². The Kier molecular flexibility index (Phi) is 5.30. The van der Waals surface area contributed by atoms with Gasteiger partial charge in [-0.3, -0.25) is 14.5 Å². The van der Waals surface area contributed by atoms with Crippen molar-refractivity contribution < 1.29 is 14.7 Å². The summed E-state index contributed by atoms with van der Waals surface area (Å²) in [7, 11) is 1.85. The number of nitrogens with zero attached hydrogens (tertiary/aromatic N) is 4. The lowest BCUT2D eigenvalue weighted by molar-refractivity contribution is -0.111. The van der Waals surface area contributed by atoms with Crippen LogP contribution in [0.4, 0.5) is 10.5 Å². The number of hydrogen-bond acceptors (Lipinski definition) is 4. The maximum absolute atomic E-state index is 12.4. The number of nitrogens with one attached hydrogen (secondary N) is 1. The average Bonchev–Trinajstić information content (AvgIpc) is 3.18. The molecule has 0 radical (unpaired) electrons. The van der Waals surface area contributed by atoms with E-state index in [1.54, 1.807) is 29.3 Å². The minimum absolute atomic E-state index is 0.276. The Bertz CT molecular complexity index is 1140. The summed E-state index contributed by atoms with van der Waals surface area (Å²) < 4.78 is 1.72. The Morgan fingerprint density at radius 3 is 2.83 bits per heavy atom. The van der Waals surface area contributed by atoms with E-state index in [1.807, 2.05) is 37.5 Å². The maximum atomic E-state index is 12.4. The van der Waals surface area contributed by atoms with Gasteiger partial charge in [0.2, 0.25) is 5.91 Å².